The van der Waals surface area contributed by atoms with Crippen LogP contribution in [-0.4, -0.2) is 9.52 Å². The Morgan fingerprint density at radius 1 is 1.00 bits per heavy atom. The molecule has 0 amide bonds. The molecule has 0 aliphatic heterocycles. The van der Waals surface area contributed by atoms with Gasteiger partial charge in [-0.05, 0) is 0 Å². The fourth-order valence-electron chi connectivity index (χ4n) is 0.721. The molecule has 0 bridgehead atoms. The van der Waals surface area contributed by atoms with Crippen molar-refractivity contribution in [2.24, 2.45) is 0 Å². The van der Waals surface area contributed by atoms with E-state index in [1.807, 2.05) is 0 Å². The van der Waals surface area contributed by atoms with Gasteiger partial charge in [0.2, 0.25) is 0 Å². The van der Waals surface area contributed by atoms with Crippen molar-refractivity contribution in [3.63, 3.8) is 0 Å². The molecule has 0 heterocycles. The van der Waals surface area contributed by atoms with Crippen molar-refractivity contribution in [2.75, 3.05) is 0 Å². The largest absolute Gasteiger partial charge is 0.0654 e. The molecule has 0 fully saturated rings. The molecule has 54 valence electrons. The van der Waals surface area contributed by atoms with E-state index in [1.165, 1.54) is 22.4 Å². The maximum atomic E-state index is 2.35. The first-order valence-electron chi connectivity index (χ1n) is 3.96. The lowest BCUT2D eigenvalue weighted by Crippen LogP contribution is -2.03. The molecule has 0 nitrogen and oxygen atoms in total. The SMILES string of the molecule is CCC(C)[Si]C(C)CC. The smallest absolute Gasteiger partial charge is 0.0442 e. The molecule has 2 atom stereocenters. The zero-order valence-electron chi connectivity index (χ0n) is 7.07. The lowest BCUT2D eigenvalue weighted by molar-refractivity contribution is 0.803. The first-order chi connectivity index (χ1) is 4.20. The molecule has 0 N–H and O–H groups in total. The summed E-state index contributed by atoms with van der Waals surface area (Å²) in [4.78, 5) is 0. The van der Waals surface area contributed by atoms with E-state index in [1.54, 1.807) is 0 Å². The highest BCUT2D eigenvalue weighted by atomic mass is 28.2. The third-order valence-corrected chi connectivity index (χ3v) is 3.75. The van der Waals surface area contributed by atoms with Gasteiger partial charge in [-0.3, -0.25) is 0 Å². The van der Waals surface area contributed by atoms with E-state index >= 15 is 0 Å². The summed E-state index contributed by atoms with van der Waals surface area (Å²) in [5.41, 5.74) is 1.92. The predicted molar refractivity (Wildman–Crippen MR) is 45.2 cm³/mol. The van der Waals surface area contributed by atoms with Crippen molar-refractivity contribution in [3.05, 3.63) is 0 Å². The van der Waals surface area contributed by atoms with Crippen LogP contribution >= 0.6 is 0 Å². The first kappa shape index (κ1) is 9.22. The van der Waals surface area contributed by atoms with Gasteiger partial charge in [0.1, 0.15) is 0 Å². The van der Waals surface area contributed by atoms with Crippen LogP contribution < -0.4 is 0 Å². The van der Waals surface area contributed by atoms with E-state index in [4.69, 9.17) is 0 Å². The van der Waals surface area contributed by atoms with E-state index in [-0.39, 0.29) is 0 Å². The molecule has 1 heteroatoms. The van der Waals surface area contributed by atoms with Crippen LogP contribution in [0.15, 0.2) is 0 Å². The van der Waals surface area contributed by atoms with Crippen molar-refractivity contribution < 1.29 is 0 Å². The average molecular weight is 142 g/mol. The molecule has 2 radical (unpaired) electrons. The van der Waals surface area contributed by atoms with Gasteiger partial charge in [0.15, 0.2) is 0 Å². The maximum absolute atomic E-state index is 2.35. The maximum Gasteiger partial charge on any atom is 0.0442 e. The van der Waals surface area contributed by atoms with Crippen molar-refractivity contribution in [3.8, 4) is 0 Å². The van der Waals surface area contributed by atoms with E-state index in [0.717, 1.165) is 11.1 Å². The molecular formula is C8H18Si. The molecular weight excluding hydrogens is 124 g/mol. The molecule has 2 unspecified atom stereocenters. The molecule has 0 saturated heterocycles. The van der Waals surface area contributed by atoms with E-state index in [2.05, 4.69) is 27.7 Å². The summed E-state index contributed by atoms with van der Waals surface area (Å²) in [6, 6.07) is 0. The second kappa shape index (κ2) is 5.04. The summed E-state index contributed by atoms with van der Waals surface area (Å²) in [6.07, 6.45) is 2.70. The van der Waals surface area contributed by atoms with Crippen LogP contribution in [0.2, 0.25) is 11.1 Å². The zero-order chi connectivity index (χ0) is 7.28. The van der Waals surface area contributed by atoms with E-state index in [9.17, 15) is 0 Å². The summed E-state index contributed by atoms with van der Waals surface area (Å²) >= 11 is 0. The second-order valence-electron chi connectivity index (χ2n) is 2.79. The number of hydrogen-bond acceptors (Lipinski definition) is 0. The van der Waals surface area contributed by atoms with Gasteiger partial charge in [0.05, 0.1) is 0 Å². The first-order valence-corrected chi connectivity index (χ1v) is 5.12. The van der Waals surface area contributed by atoms with Crippen molar-refractivity contribution in [1.29, 1.82) is 0 Å². The van der Waals surface area contributed by atoms with E-state index in [0.29, 0.717) is 0 Å². The summed E-state index contributed by atoms with van der Waals surface area (Å²) in [5, 5.41) is 0. The molecule has 0 aromatic heterocycles. The van der Waals surface area contributed by atoms with Gasteiger partial charge in [-0.15, -0.1) is 0 Å². The van der Waals surface area contributed by atoms with Gasteiger partial charge in [-0.2, -0.15) is 0 Å². The Morgan fingerprint density at radius 2 is 1.33 bits per heavy atom. The lowest BCUT2D eigenvalue weighted by atomic mass is 10.4. The molecule has 0 aromatic rings. The molecule has 0 aliphatic rings. The number of hydrogen-bond donors (Lipinski definition) is 0. The topological polar surface area (TPSA) is 0 Å². The minimum atomic E-state index is 0.958. The van der Waals surface area contributed by atoms with Crippen LogP contribution in [0.4, 0.5) is 0 Å². The number of rotatable bonds is 4. The Kier molecular flexibility index (Phi) is 5.16. The summed E-state index contributed by atoms with van der Waals surface area (Å²) in [5.74, 6) is 0. The highest BCUT2D eigenvalue weighted by molar-refractivity contribution is 6.39. The summed E-state index contributed by atoms with van der Waals surface area (Å²) in [7, 11) is 1.18. The highest BCUT2D eigenvalue weighted by Crippen LogP contribution is 2.16. The van der Waals surface area contributed by atoms with Gasteiger partial charge in [-0.25, -0.2) is 0 Å². The van der Waals surface area contributed by atoms with Crippen LogP contribution in [0, 0.1) is 0 Å². The summed E-state index contributed by atoms with van der Waals surface area (Å²) < 4.78 is 0. The fraction of sp³-hybridized carbons (Fsp3) is 1.00. The van der Waals surface area contributed by atoms with Crippen molar-refractivity contribution >= 4 is 9.52 Å². The second-order valence-corrected chi connectivity index (χ2v) is 5.09. The van der Waals surface area contributed by atoms with E-state index < -0.39 is 0 Å². The highest BCUT2D eigenvalue weighted by Gasteiger charge is 2.05. The Labute approximate surface area is 61.9 Å². The predicted octanol–water partition coefficient (Wildman–Crippen LogP) is 3.13. The normalized spacial score (nSPS) is 17.3. The molecule has 9 heavy (non-hydrogen) atoms. The fourth-order valence-corrected chi connectivity index (χ4v) is 2.16. The van der Waals surface area contributed by atoms with Gasteiger partial charge < -0.3 is 0 Å². The molecule has 0 aromatic carbocycles. The Balaban J connectivity index is 3.22. The Bertz CT molecular complexity index is 53.6. The van der Waals surface area contributed by atoms with Crippen LogP contribution in [-0.2, 0) is 0 Å². The van der Waals surface area contributed by atoms with Gasteiger partial charge >= 0.3 is 0 Å². The van der Waals surface area contributed by atoms with Crippen molar-refractivity contribution in [2.45, 2.75) is 51.6 Å². The lowest BCUT2D eigenvalue weighted by Gasteiger charge is -2.11. The monoisotopic (exact) mass is 142 g/mol. The molecule has 0 spiro atoms. The van der Waals surface area contributed by atoms with Gasteiger partial charge in [0, 0.05) is 9.52 Å². The Hall–Kier alpha value is 0.217. The van der Waals surface area contributed by atoms with Crippen molar-refractivity contribution in [1.82, 2.24) is 0 Å². The quantitative estimate of drug-likeness (QED) is 0.529. The third-order valence-electron chi connectivity index (χ3n) is 1.79. The van der Waals surface area contributed by atoms with Gasteiger partial charge in [0.25, 0.3) is 0 Å². The van der Waals surface area contributed by atoms with Crippen LogP contribution in [0.25, 0.3) is 0 Å². The standard InChI is InChI=1S/C8H18Si/c1-5-7(3)9-8(4)6-2/h7-8H,5-6H2,1-4H3. The van der Waals surface area contributed by atoms with Crippen LogP contribution in [0.1, 0.15) is 40.5 Å². The van der Waals surface area contributed by atoms with Crippen LogP contribution in [0.3, 0.4) is 0 Å². The third kappa shape index (κ3) is 4.70. The van der Waals surface area contributed by atoms with Gasteiger partial charge in [-0.1, -0.05) is 51.6 Å². The molecule has 0 rings (SSSR count). The minimum Gasteiger partial charge on any atom is -0.0654 e. The minimum absolute atomic E-state index is 0.958. The Morgan fingerprint density at radius 3 is 1.56 bits per heavy atom. The summed E-state index contributed by atoms with van der Waals surface area (Å²) in [6.45, 7) is 9.26. The zero-order valence-corrected chi connectivity index (χ0v) is 8.07. The van der Waals surface area contributed by atoms with Crippen LogP contribution in [0.5, 0.6) is 0 Å². The molecule has 0 aliphatic carbocycles. The average Bonchev–Trinajstić information content (AvgIpc) is 1.87. The molecule has 0 saturated carbocycles.